The van der Waals surface area contributed by atoms with Crippen LogP contribution in [0.4, 0.5) is 0 Å². The van der Waals surface area contributed by atoms with Crippen LogP contribution in [0.2, 0.25) is 0 Å². The molecule has 7 nitrogen and oxygen atoms in total. The van der Waals surface area contributed by atoms with Gasteiger partial charge in [0.2, 0.25) is 5.91 Å². The second kappa shape index (κ2) is 13.9. The van der Waals surface area contributed by atoms with Gasteiger partial charge in [-0.3, -0.25) is 14.7 Å². The predicted molar refractivity (Wildman–Crippen MR) is 141 cm³/mol. The molecule has 2 N–H and O–H groups in total. The Bertz CT molecular complexity index is 739. The van der Waals surface area contributed by atoms with E-state index in [1.165, 1.54) is 24.8 Å². The van der Waals surface area contributed by atoms with Crippen molar-refractivity contribution < 1.29 is 9.53 Å². The first-order valence-corrected chi connectivity index (χ1v) is 11.7. The third kappa shape index (κ3) is 7.50. The van der Waals surface area contributed by atoms with Crippen molar-refractivity contribution in [2.45, 2.75) is 45.1 Å². The number of likely N-dealkylation sites (tertiary alicyclic amines) is 2. The quantitative estimate of drug-likeness (QED) is 0.292. The van der Waals surface area contributed by atoms with Crippen molar-refractivity contribution in [2.24, 2.45) is 10.9 Å². The monoisotopic (exact) mass is 557 g/mol. The number of nitrogens with zero attached hydrogens (tertiary/aromatic N) is 3. The smallest absolute Gasteiger partial charge is 0.224 e. The van der Waals surface area contributed by atoms with Gasteiger partial charge in [-0.1, -0.05) is 25.1 Å². The van der Waals surface area contributed by atoms with Crippen molar-refractivity contribution in [3.8, 4) is 5.75 Å². The Balaban J connectivity index is 0.00000363. The van der Waals surface area contributed by atoms with Gasteiger partial charge in [-0.05, 0) is 50.8 Å². The SMILES string of the molecule is CN=C(NCCC(=O)N1CCCC(C)C1)NCC(c1ccccc1OC)N1CCCC1.I. The Hall–Kier alpha value is -1.55. The van der Waals surface area contributed by atoms with Gasteiger partial charge < -0.3 is 20.3 Å². The first-order chi connectivity index (χ1) is 15.1. The molecule has 1 aromatic rings. The number of nitrogens with one attached hydrogen (secondary N) is 2. The molecule has 1 aromatic carbocycles. The van der Waals surface area contributed by atoms with E-state index >= 15 is 0 Å². The van der Waals surface area contributed by atoms with Crippen LogP contribution in [0.5, 0.6) is 5.75 Å². The summed E-state index contributed by atoms with van der Waals surface area (Å²) in [7, 11) is 3.51. The summed E-state index contributed by atoms with van der Waals surface area (Å²) in [6, 6.07) is 8.48. The number of rotatable bonds is 8. The normalized spacial score (nSPS) is 20.4. The Labute approximate surface area is 210 Å². The fourth-order valence-corrected chi connectivity index (χ4v) is 4.71. The molecule has 0 spiro atoms. The number of benzene rings is 1. The minimum atomic E-state index is 0. The second-order valence-corrected chi connectivity index (χ2v) is 8.72. The van der Waals surface area contributed by atoms with Crippen LogP contribution in [0, 0.1) is 5.92 Å². The minimum Gasteiger partial charge on any atom is -0.496 e. The first-order valence-electron chi connectivity index (χ1n) is 11.7. The number of hydrogen-bond acceptors (Lipinski definition) is 4. The molecule has 2 aliphatic rings. The van der Waals surface area contributed by atoms with Crippen LogP contribution < -0.4 is 15.4 Å². The summed E-state index contributed by atoms with van der Waals surface area (Å²) in [5.41, 5.74) is 1.20. The Morgan fingerprint density at radius 3 is 2.62 bits per heavy atom. The molecule has 0 aromatic heterocycles. The second-order valence-electron chi connectivity index (χ2n) is 8.72. The molecule has 32 heavy (non-hydrogen) atoms. The van der Waals surface area contributed by atoms with Crippen molar-refractivity contribution in [1.29, 1.82) is 0 Å². The molecule has 8 heteroatoms. The van der Waals surface area contributed by atoms with Crippen molar-refractivity contribution in [1.82, 2.24) is 20.4 Å². The van der Waals surface area contributed by atoms with E-state index in [9.17, 15) is 4.79 Å². The van der Waals surface area contributed by atoms with Crippen LogP contribution in [0.3, 0.4) is 0 Å². The Morgan fingerprint density at radius 2 is 1.94 bits per heavy atom. The van der Waals surface area contributed by atoms with Gasteiger partial charge in [-0.15, -0.1) is 24.0 Å². The van der Waals surface area contributed by atoms with E-state index in [4.69, 9.17) is 4.74 Å². The first kappa shape index (κ1) is 26.7. The van der Waals surface area contributed by atoms with Crippen molar-refractivity contribution in [3.05, 3.63) is 29.8 Å². The average molecular weight is 558 g/mol. The highest BCUT2D eigenvalue weighted by molar-refractivity contribution is 14.0. The van der Waals surface area contributed by atoms with Crippen LogP contribution in [-0.2, 0) is 4.79 Å². The van der Waals surface area contributed by atoms with Gasteiger partial charge in [0, 0.05) is 45.2 Å². The van der Waals surface area contributed by atoms with Crippen LogP contribution in [-0.4, -0.2) is 75.1 Å². The van der Waals surface area contributed by atoms with E-state index in [2.05, 4.69) is 39.6 Å². The van der Waals surface area contributed by atoms with Crippen molar-refractivity contribution in [3.63, 3.8) is 0 Å². The molecule has 3 rings (SSSR count). The highest BCUT2D eigenvalue weighted by Crippen LogP contribution is 2.31. The van der Waals surface area contributed by atoms with Gasteiger partial charge in [-0.2, -0.15) is 0 Å². The Kier molecular flexibility index (Phi) is 11.6. The molecule has 0 radical (unpaired) electrons. The zero-order valence-corrected chi connectivity index (χ0v) is 22.1. The molecule has 2 aliphatic heterocycles. The van der Waals surface area contributed by atoms with E-state index in [1.54, 1.807) is 14.2 Å². The minimum absolute atomic E-state index is 0. The molecule has 2 heterocycles. The number of amides is 1. The fourth-order valence-electron chi connectivity index (χ4n) is 4.71. The lowest BCUT2D eigenvalue weighted by Gasteiger charge is -2.31. The summed E-state index contributed by atoms with van der Waals surface area (Å²) in [5.74, 6) is 2.50. The van der Waals surface area contributed by atoms with Gasteiger partial charge in [0.1, 0.15) is 5.75 Å². The van der Waals surface area contributed by atoms with Gasteiger partial charge >= 0.3 is 0 Å². The lowest BCUT2D eigenvalue weighted by Crippen LogP contribution is -2.44. The molecule has 2 unspecified atom stereocenters. The standard InChI is InChI=1S/C24H39N5O2.HI/c1-19-9-8-16-29(18-19)23(30)12-13-26-24(25-2)27-17-21(28-14-6-7-15-28)20-10-4-5-11-22(20)31-3;/h4-5,10-11,19,21H,6-9,12-18H2,1-3H3,(H2,25,26,27);1H. The number of piperidine rings is 1. The van der Waals surface area contributed by atoms with Crippen LogP contribution >= 0.6 is 24.0 Å². The lowest BCUT2D eigenvalue weighted by atomic mass is 10.00. The van der Waals surface area contributed by atoms with Gasteiger partial charge in [0.05, 0.1) is 13.2 Å². The van der Waals surface area contributed by atoms with Crippen LogP contribution in [0.1, 0.15) is 50.6 Å². The third-order valence-electron chi connectivity index (χ3n) is 6.41. The van der Waals surface area contributed by atoms with Crippen LogP contribution in [0.25, 0.3) is 0 Å². The molecule has 2 fully saturated rings. The molecular formula is C24H40IN5O2. The average Bonchev–Trinajstić information content (AvgIpc) is 3.32. The van der Waals surface area contributed by atoms with E-state index in [0.29, 0.717) is 18.9 Å². The zero-order chi connectivity index (χ0) is 22.1. The predicted octanol–water partition coefficient (Wildman–Crippen LogP) is 3.26. The summed E-state index contributed by atoms with van der Waals surface area (Å²) < 4.78 is 5.63. The molecule has 0 bridgehead atoms. The molecule has 0 saturated carbocycles. The van der Waals surface area contributed by atoms with E-state index < -0.39 is 0 Å². The number of aliphatic imine (C=N–C) groups is 1. The maximum Gasteiger partial charge on any atom is 0.224 e. The number of ether oxygens (including phenoxy) is 1. The number of guanidine groups is 1. The Morgan fingerprint density at radius 1 is 1.19 bits per heavy atom. The van der Waals surface area contributed by atoms with Gasteiger partial charge in [0.15, 0.2) is 5.96 Å². The maximum absolute atomic E-state index is 12.5. The highest BCUT2D eigenvalue weighted by atomic mass is 127. The topological polar surface area (TPSA) is 69.2 Å². The summed E-state index contributed by atoms with van der Waals surface area (Å²) in [6.07, 6.45) is 5.30. The highest BCUT2D eigenvalue weighted by Gasteiger charge is 2.26. The van der Waals surface area contributed by atoms with Gasteiger partial charge in [0.25, 0.3) is 0 Å². The number of hydrogen-bond donors (Lipinski definition) is 2. The van der Waals surface area contributed by atoms with Crippen LogP contribution in [0.15, 0.2) is 29.3 Å². The number of para-hydroxylation sites is 1. The number of carbonyl (C=O) groups is 1. The molecule has 180 valence electrons. The molecule has 2 atom stereocenters. The summed E-state index contributed by atoms with van der Waals surface area (Å²) >= 11 is 0. The molecule has 2 saturated heterocycles. The van der Waals surface area contributed by atoms with E-state index in [0.717, 1.165) is 50.9 Å². The van der Waals surface area contributed by atoms with Crippen molar-refractivity contribution in [2.75, 3.05) is 53.4 Å². The molecular weight excluding hydrogens is 517 g/mol. The maximum atomic E-state index is 12.5. The zero-order valence-electron chi connectivity index (χ0n) is 19.8. The lowest BCUT2D eigenvalue weighted by molar-refractivity contribution is -0.132. The number of methoxy groups -OCH3 is 1. The third-order valence-corrected chi connectivity index (χ3v) is 6.41. The molecule has 0 aliphatic carbocycles. The van der Waals surface area contributed by atoms with E-state index in [1.807, 2.05) is 17.0 Å². The molecule has 1 amide bonds. The number of halogens is 1. The van der Waals surface area contributed by atoms with E-state index in [-0.39, 0.29) is 35.9 Å². The summed E-state index contributed by atoms with van der Waals surface area (Å²) in [6.45, 7) is 7.53. The number of carbonyl (C=O) groups excluding carboxylic acids is 1. The van der Waals surface area contributed by atoms with Gasteiger partial charge in [-0.25, -0.2) is 0 Å². The largest absolute Gasteiger partial charge is 0.496 e. The van der Waals surface area contributed by atoms with Crippen molar-refractivity contribution >= 4 is 35.8 Å². The fraction of sp³-hybridized carbons (Fsp3) is 0.667. The summed E-state index contributed by atoms with van der Waals surface area (Å²) in [5, 5.41) is 6.79. The summed E-state index contributed by atoms with van der Waals surface area (Å²) in [4.78, 5) is 21.4.